The molecule has 2 aliphatic carbocycles. The van der Waals surface area contributed by atoms with Gasteiger partial charge in [-0.25, -0.2) is 0 Å². The van der Waals surface area contributed by atoms with Crippen LogP contribution in [0, 0.1) is 17.8 Å². The summed E-state index contributed by atoms with van der Waals surface area (Å²) in [5, 5.41) is 35.2. The van der Waals surface area contributed by atoms with Crippen molar-refractivity contribution in [3.63, 3.8) is 0 Å². The van der Waals surface area contributed by atoms with E-state index < -0.39 is 29.8 Å². The summed E-state index contributed by atoms with van der Waals surface area (Å²) in [6, 6.07) is 14.0. The lowest BCUT2D eigenvalue weighted by molar-refractivity contribution is -0.157. The molecular weight excluding hydrogens is 518 g/mol. The molecule has 4 rings (SSSR count). The zero-order valence-electron chi connectivity index (χ0n) is 24.7. The van der Waals surface area contributed by atoms with Crippen LogP contribution in [0.3, 0.4) is 0 Å². The molecular formula is C34H47NO6. The number of aliphatic hydroxyl groups is 2. The van der Waals surface area contributed by atoms with Gasteiger partial charge in [0.05, 0.1) is 24.7 Å². The molecule has 0 heterocycles. The highest BCUT2D eigenvalue weighted by molar-refractivity contribution is 5.80. The summed E-state index contributed by atoms with van der Waals surface area (Å²) in [6.45, 7) is 5.52. The highest BCUT2D eigenvalue weighted by atomic mass is 16.6. The second-order valence-corrected chi connectivity index (χ2v) is 13.1. The molecule has 0 aromatic heterocycles. The van der Waals surface area contributed by atoms with E-state index in [9.17, 15) is 24.9 Å². The third-order valence-corrected chi connectivity index (χ3v) is 8.57. The SMILES string of the molecule is CC(C)(C)OC(=O)C[C@@H](CC1CCCCC1)[C@@H](O)C[C@@H](Cc1ccc(O)cc1)C(=O)N[C@H]1c2ccccc2C[C@H]1O. The summed E-state index contributed by atoms with van der Waals surface area (Å²) in [5.74, 6) is -0.900. The van der Waals surface area contributed by atoms with Crippen LogP contribution in [0.1, 0.15) is 94.9 Å². The van der Waals surface area contributed by atoms with Crippen molar-refractivity contribution in [1.29, 1.82) is 0 Å². The van der Waals surface area contributed by atoms with E-state index in [1.807, 2.05) is 45.0 Å². The molecule has 1 fully saturated rings. The maximum atomic E-state index is 13.8. The summed E-state index contributed by atoms with van der Waals surface area (Å²) in [7, 11) is 0. The quantitative estimate of drug-likeness (QED) is 0.271. The summed E-state index contributed by atoms with van der Waals surface area (Å²) < 4.78 is 5.62. The number of fused-ring (bicyclic) bond motifs is 1. The molecule has 1 amide bonds. The molecule has 0 spiro atoms. The van der Waals surface area contributed by atoms with Gasteiger partial charge in [0, 0.05) is 12.3 Å². The number of rotatable bonds is 11. The smallest absolute Gasteiger partial charge is 0.306 e. The number of ether oxygens (including phenoxy) is 1. The van der Waals surface area contributed by atoms with Crippen LogP contribution in [0.15, 0.2) is 48.5 Å². The van der Waals surface area contributed by atoms with Crippen LogP contribution in [0.2, 0.25) is 0 Å². The molecule has 0 bridgehead atoms. The van der Waals surface area contributed by atoms with Crippen LogP contribution in [-0.2, 0) is 27.2 Å². The number of phenolic OH excluding ortho intramolecular Hbond substituents is 1. The topological polar surface area (TPSA) is 116 Å². The summed E-state index contributed by atoms with van der Waals surface area (Å²) in [6.07, 6.45) is 5.98. The second-order valence-electron chi connectivity index (χ2n) is 13.1. The van der Waals surface area contributed by atoms with E-state index in [0.717, 1.165) is 48.8 Å². The molecule has 2 aliphatic rings. The molecule has 0 aliphatic heterocycles. The average molecular weight is 566 g/mol. The maximum absolute atomic E-state index is 13.8. The third kappa shape index (κ3) is 9.04. The molecule has 0 radical (unpaired) electrons. The van der Waals surface area contributed by atoms with E-state index in [1.165, 1.54) is 6.42 Å². The van der Waals surface area contributed by atoms with E-state index in [0.29, 0.717) is 18.8 Å². The lowest BCUT2D eigenvalue weighted by atomic mass is 9.78. The van der Waals surface area contributed by atoms with E-state index >= 15 is 0 Å². The molecule has 5 atom stereocenters. The Hall–Kier alpha value is -2.90. The zero-order chi connectivity index (χ0) is 29.6. The Labute approximate surface area is 244 Å². The number of carbonyl (C=O) groups excluding carboxylic acids is 2. The fourth-order valence-corrected chi connectivity index (χ4v) is 6.53. The predicted octanol–water partition coefficient (Wildman–Crippen LogP) is 5.39. The Morgan fingerprint density at radius 2 is 1.71 bits per heavy atom. The first-order valence-electron chi connectivity index (χ1n) is 15.2. The highest BCUT2D eigenvalue weighted by Gasteiger charge is 2.36. The van der Waals surface area contributed by atoms with Gasteiger partial charge in [0.15, 0.2) is 0 Å². The number of benzene rings is 2. The minimum atomic E-state index is -0.877. The Bertz CT molecular complexity index is 1150. The van der Waals surface area contributed by atoms with Gasteiger partial charge in [-0.2, -0.15) is 0 Å². The molecule has 7 nitrogen and oxygen atoms in total. The second kappa shape index (κ2) is 13.8. The molecule has 0 unspecified atom stereocenters. The highest BCUT2D eigenvalue weighted by Crippen LogP contribution is 2.35. The van der Waals surface area contributed by atoms with Crippen molar-refractivity contribution in [2.45, 2.75) is 109 Å². The van der Waals surface area contributed by atoms with Gasteiger partial charge in [-0.05, 0) is 80.7 Å². The van der Waals surface area contributed by atoms with Crippen LogP contribution in [0.25, 0.3) is 0 Å². The van der Waals surface area contributed by atoms with Crippen LogP contribution in [-0.4, -0.2) is 45.0 Å². The lowest BCUT2D eigenvalue weighted by Crippen LogP contribution is -2.41. The number of nitrogens with one attached hydrogen (secondary N) is 1. The van der Waals surface area contributed by atoms with Crippen LogP contribution in [0.4, 0.5) is 0 Å². The number of carbonyl (C=O) groups is 2. The van der Waals surface area contributed by atoms with Crippen LogP contribution in [0.5, 0.6) is 5.75 Å². The normalized spacial score (nSPS) is 21.5. The molecule has 0 saturated heterocycles. The number of aliphatic hydroxyl groups excluding tert-OH is 2. The third-order valence-electron chi connectivity index (χ3n) is 8.57. The van der Waals surface area contributed by atoms with Gasteiger partial charge in [0.2, 0.25) is 5.91 Å². The van der Waals surface area contributed by atoms with E-state index in [1.54, 1.807) is 24.3 Å². The van der Waals surface area contributed by atoms with E-state index in [4.69, 9.17) is 4.74 Å². The van der Waals surface area contributed by atoms with Gasteiger partial charge in [-0.1, -0.05) is 68.5 Å². The monoisotopic (exact) mass is 565 g/mol. The predicted molar refractivity (Wildman–Crippen MR) is 158 cm³/mol. The number of aromatic hydroxyl groups is 1. The number of amides is 1. The van der Waals surface area contributed by atoms with Gasteiger partial charge < -0.3 is 25.4 Å². The van der Waals surface area contributed by atoms with Crippen molar-refractivity contribution in [1.82, 2.24) is 5.32 Å². The van der Waals surface area contributed by atoms with Gasteiger partial charge in [-0.3, -0.25) is 9.59 Å². The van der Waals surface area contributed by atoms with Crippen molar-refractivity contribution in [3.8, 4) is 5.75 Å². The van der Waals surface area contributed by atoms with Crippen LogP contribution < -0.4 is 5.32 Å². The summed E-state index contributed by atoms with van der Waals surface area (Å²) in [5.41, 5.74) is 2.18. The van der Waals surface area contributed by atoms with E-state index in [-0.39, 0.29) is 36.4 Å². The zero-order valence-corrected chi connectivity index (χ0v) is 24.7. The number of hydrogen-bond acceptors (Lipinski definition) is 6. The Morgan fingerprint density at radius 3 is 2.39 bits per heavy atom. The van der Waals surface area contributed by atoms with E-state index in [2.05, 4.69) is 5.32 Å². The molecule has 224 valence electrons. The molecule has 1 saturated carbocycles. The van der Waals surface area contributed by atoms with Crippen molar-refractivity contribution in [2.75, 3.05) is 0 Å². The largest absolute Gasteiger partial charge is 0.508 e. The van der Waals surface area contributed by atoms with Crippen molar-refractivity contribution < 1.29 is 29.6 Å². The molecule has 7 heteroatoms. The van der Waals surface area contributed by atoms with Crippen LogP contribution >= 0.6 is 0 Å². The Kier molecular flexibility index (Phi) is 10.5. The molecule has 2 aromatic rings. The number of hydrogen-bond donors (Lipinski definition) is 4. The van der Waals surface area contributed by atoms with Gasteiger partial charge in [0.25, 0.3) is 0 Å². The first-order chi connectivity index (χ1) is 19.5. The fourth-order valence-electron chi connectivity index (χ4n) is 6.53. The lowest BCUT2D eigenvalue weighted by Gasteiger charge is -2.32. The maximum Gasteiger partial charge on any atom is 0.306 e. The first-order valence-corrected chi connectivity index (χ1v) is 15.2. The van der Waals surface area contributed by atoms with Crippen molar-refractivity contribution in [2.24, 2.45) is 17.8 Å². The van der Waals surface area contributed by atoms with Gasteiger partial charge in [0.1, 0.15) is 11.4 Å². The number of phenols is 1. The summed E-state index contributed by atoms with van der Waals surface area (Å²) >= 11 is 0. The molecule has 2 aromatic carbocycles. The van der Waals surface area contributed by atoms with Gasteiger partial charge >= 0.3 is 5.97 Å². The average Bonchev–Trinajstić information content (AvgIpc) is 3.23. The minimum absolute atomic E-state index is 0.108. The van der Waals surface area contributed by atoms with Gasteiger partial charge in [-0.15, -0.1) is 0 Å². The standard InChI is InChI=1S/C34H47NO6/c1-34(2,3)41-31(39)21-25(17-22-9-5-4-6-10-22)29(37)20-26(18-23-13-15-27(36)16-14-23)33(40)35-32-28-12-8-7-11-24(28)19-30(32)38/h7-8,11-16,22,25-26,29-30,32,36-38H,4-6,9-10,17-21H2,1-3H3,(H,35,40)/t25-,26-,29+,30-,32+/m1/s1. The number of esters is 1. The Balaban J connectivity index is 1.53. The minimum Gasteiger partial charge on any atom is -0.508 e. The Morgan fingerprint density at radius 1 is 1.02 bits per heavy atom. The fraction of sp³-hybridized carbons (Fsp3) is 0.588. The molecule has 4 N–H and O–H groups in total. The molecule has 41 heavy (non-hydrogen) atoms. The first kappa shape index (κ1) is 31.0. The van der Waals surface area contributed by atoms with Crippen molar-refractivity contribution in [3.05, 3.63) is 65.2 Å². The van der Waals surface area contributed by atoms with Crippen molar-refractivity contribution >= 4 is 11.9 Å². The summed E-state index contributed by atoms with van der Waals surface area (Å²) in [4.78, 5) is 26.7.